The molecule has 1 atom stereocenters. The molecule has 19 heavy (non-hydrogen) atoms. The van der Waals surface area contributed by atoms with Crippen molar-refractivity contribution in [2.75, 3.05) is 0 Å². The third-order valence-electron chi connectivity index (χ3n) is 3.91. The van der Waals surface area contributed by atoms with Gasteiger partial charge in [-0.25, -0.2) is 4.39 Å². The van der Waals surface area contributed by atoms with E-state index in [0.717, 1.165) is 6.07 Å². The van der Waals surface area contributed by atoms with E-state index in [9.17, 15) is 9.50 Å². The van der Waals surface area contributed by atoms with Crippen molar-refractivity contribution in [3.05, 3.63) is 29.6 Å². The third-order valence-corrected chi connectivity index (χ3v) is 3.91. The van der Waals surface area contributed by atoms with Gasteiger partial charge in [-0.2, -0.15) is 0 Å². The summed E-state index contributed by atoms with van der Waals surface area (Å²) in [5.74, 6) is -1.45. The lowest BCUT2D eigenvalue weighted by Gasteiger charge is -2.32. The molecular weight excluding hydrogens is 248 g/mol. The van der Waals surface area contributed by atoms with Crippen molar-refractivity contribution < 1.29 is 18.8 Å². The van der Waals surface area contributed by atoms with Gasteiger partial charge in [-0.1, -0.05) is 6.07 Å². The standard InChI is InChI=1S/C13H19BFNO3/c1-12(2)13(3,4)19-14(18-12)11(16)9-6-5-8(17)7-10(9)15/h5-7,11,17H,16H2,1-4H3/t11-/m0/s1. The Morgan fingerprint density at radius 3 is 2.21 bits per heavy atom. The van der Waals surface area contributed by atoms with Crippen LogP contribution in [-0.4, -0.2) is 23.4 Å². The van der Waals surface area contributed by atoms with Crippen LogP contribution >= 0.6 is 0 Å². The van der Waals surface area contributed by atoms with Crippen molar-refractivity contribution in [2.45, 2.75) is 44.8 Å². The lowest BCUT2D eigenvalue weighted by molar-refractivity contribution is 0.00578. The summed E-state index contributed by atoms with van der Waals surface area (Å²) in [6, 6.07) is 3.87. The van der Waals surface area contributed by atoms with Gasteiger partial charge in [0, 0.05) is 11.6 Å². The number of aromatic hydroxyl groups is 1. The minimum Gasteiger partial charge on any atom is -0.508 e. The number of rotatable bonds is 2. The lowest BCUT2D eigenvalue weighted by Crippen LogP contribution is -2.41. The van der Waals surface area contributed by atoms with Gasteiger partial charge in [0.25, 0.3) is 0 Å². The summed E-state index contributed by atoms with van der Waals surface area (Å²) in [6.45, 7) is 7.64. The lowest BCUT2D eigenvalue weighted by atomic mass is 9.74. The Hall–Kier alpha value is -1.11. The predicted molar refractivity (Wildman–Crippen MR) is 71.1 cm³/mol. The molecule has 4 nitrogen and oxygen atoms in total. The van der Waals surface area contributed by atoms with Crippen LogP contribution in [-0.2, 0) is 9.31 Å². The first kappa shape index (κ1) is 14.3. The first-order chi connectivity index (χ1) is 8.64. The van der Waals surface area contributed by atoms with Crippen LogP contribution in [0.1, 0.15) is 39.2 Å². The average Bonchev–Trinajstić information content (AvgIpc) is 2.47. The van der Waals surface area contributed by atoms with Crippen molar-refractivity contribution in [3.63, 3.8) is 0 Å². The number of benzene rings is 1. The van der Waals surface area contributed by atoms with Crippen molar-refractivity contribution in [2.24, 2.45) is 5.73 Å². The molecule has 0 aromatic heterocycles. The SMILES string of the molecule is CC1(C)OB([C@@H](N)c2ccc(O)cc2F)OC1(C)C. The Bertz CT molecular complexity index is 477. The Labute approximate surface area is 112 Å². The van der Waals surface area contributed by atoms with Gasteiger partial charge in [0.05, 0.1) is 17.1 Å². The van der Waals surface area contributed by atoms with Crippen LogP contribution < -0.4 is 5.73 Å². The summed E-state index contributed by atoms with van der Waals surface area (Å²) in [4.78, 5) is 0. The molecule has 1 aromatic carbocycles. The number of halogens is 1. The van der Waals surface area contributed by atoms with Crippen LogP contribution in [0, 0.1) is 5.82 Å². The molecule has 0 spiro atoms. The average molecular weight is 267 g/mol. The van der Waals surface area contributed by atoms with Crippen LogP contribution in [0.15, 0.2) is 18.2 Å². The van der Waals surface area contributed by atoms with Crippen LogP contribution in [0.25, 0.3) is 0 Å². The third kappa shape index (κ3) is 2.48. The van der Waals surface area contributed by atoms with E-state index in [1.807, 2.05) is 27.7 Å². The van der Waals surface area contributed by atoms with Crippen molar-refractivity contribution in [1.29, 1.82) is 0 Å². The second-order valence-corrected chi connectivity index (χ2v) is 5.86. The fraction of sp³-hybridized carbons (Fsp3) is 0.538. The van der Waals surface area contributed by atoms with E-state index in [2.05, 4.69) is 0 Å². The molecule has 0 saturated carbocycles. The first-order valence-electron chi connectivity index (χ1n) is 6.24. The smallest absolute Gasteiger partial charge is 0.480 e. The van der Waals surface area contributed by atoms with E-state index < -0.39 is 30.1 Å². The maximum absolute atomic E-state index is 13.8. The molecule has 1 aliphatic heterocycles. The number of phenolic OH excluding ortho intramolecular Hbond substituents is 1. The Morgan fingerprint density at radius 1 is 1.21 bits per heavy atom. The monoisotopic (exact) mass is 267 g/mol. The zero-order valence-electron chi connectivity index (χ0n) is 11.6. The molecular formula is C13H19BFNO3. The Kier molecular flexibility index (Phi) is 3.37. The van der Waals surface area contributed by atoms with E-state index in [4.69, 9.17) is 15.0 Å². The maximum Gasteiger partial charge on any atom is 0.480 e. The molecule has 1 saturated heterocycles. The summed E-state index contributed by atoms with van der Waals surface area (Å²) in [5.41, 5.74) is 5.26. The normalized spacial score (nSPS) is 22.5. The van der Waals surface area contributed by atoms with E-state index in [0.29, 0.717) is 0 Å². The van der Waals surface area contributed by atoms with E-state index in [-0.39, 0.29) is 11.3 Å². The van der Waals surface area contributed by atoms with Gasteiger partial charge in [-0.05, 0) is 33.8 Å². The van der Waals surface area contributed by atoms with Gasteiger partial charge in [-0.15, -0.1) is 0 Å². The second kappa shape index (κ2) is 4.47. The number of nitrogens with two attached hydrogens (primary N) is 1. The van der Waals surface area contributed by atoms with Gasteiger partial charge in [0.15, 0.2) is 0 Å². The Morgan fingerprint density at radius 2 is 1.74 bits per heavy atom. The molecule has 1 aromatic rings. The highest BCUT2D eigenvalue weighted by Crippen LogP contribution is 2.39. The van der Waals surface area contributed by atoms with Crippen LogP contribution in [0.4, 0.5) is 4.39 Å². The number of hydrogen-bond donors (Lipinski definition) is 2. The van der Waals surface area contributed by atoms with E-state index in [1.165, 1.54) is 12.1 Å². The highest BCUT2D eigenvalue weighted by atomic mass is 19.1. The zero-order chi connectivity index (χ0) is 14.4. The van der Waals surface area contributed by atoms with Gasteiger partial charge in [0.1, 0.15) is 11.6 Å². The second-order valence-electron chi connectivity index (χ2n) is 5.86. The zero-order valence-corrected chi connectivity index (χ0v) is 11.6. The largest absolute Gasteiger partial charge is 0.508 e. The summed E-state index contributed by atoms with van der Waals surface area (Å²) >= 11 is 0. The topological polar surface area (TPSA) is 64.7 Å². The van der Waals surface area contributed by atoms with Gasteiger partial charge in [0.2, 0.25) is 0 Å². The van der Waals surface area contributed by atoms with Crippen molar-refractivity contribution in [3.8, 4) is 5.75 Å². The van der Waals surface area contributed by atoms with Gasteiger partial charge < -0.3 is 20.1 Å². The molecule has 1 heterocycles. The maximum atomic E-state index is 13.8. The molecule has 104 valence electrons. The van der Waals surface area contributed by atoms with Crippen molar-refractivity contribution >= 4 is 7.12 Å². The van der Waals surface area contributed by atoms with Gasteiger partial charge >= 0.3 is 7.12 Å². The van der Waals surface area contributed by atoms with E-state index >= 15 is 0 Å². The highest BCUT2D eigenvalue weighted by Gasteiger charge is 2.53. The van der Waals surface area contributed by atoms with Crippen LogP contribution in [0.2, 0.25) is 0 Å². The number of phenols is 1. The minimum atomic E-state index is -0.748. The molecule has 1 aliphatic rings. The summed E-state index contributed by atoms with van der Waals surface area (Å²) < 4.78 is 25.4. The number of hydrogen-bond acceptors (Lipinski definition) is 4. The minimum absolute atomic E-state index is 0.137. The highest BCUT2D eigenvalue weighted by molar-refractivity contribution is 6.47. The first-order valence-corrected chi connectivity index (χ1v) is 6.24. The molecule has 2 rings (SSSR count). The van der Waals surface area contributed by atoms with Crippen LogP contribution in [0.5, 0.6) is 5.75 Å². The molecule has 0 radical (unpaired) electrons. The molecule has 1 fully saturated rings. The van der Waals surface area contributed by atoms with Gasteiger partial charge in [-0.3, -0.25) is 0 Å². The van der Waals surface area contributed by atoms with Crippen molar-refractivity contribution in [1.82, 2.24) is 0 Å². The molecule has 0 bridgehead atoms. The van der Waals surface area contributed by atoms with E-state index in [1.54, 1.807) is 0 Å². The summed E-state index contributed by atoms with van der Waals surface area (Å²) in [5, 5.41) is 9.21. The summed E-state index contributed by atoms with van der Waals surface area (Å²) in [6.07, 6.45) is 0. The quantitative estimate of drug-likeness (QED) is 0.806. The summed E-state index contributed by atoms with van der Waals surface area (Å²) in [7, 11) is -0.718. The Balaban J connectivity index is 2.24. The molecule has 0 aliphatic carbocycles. The molecule has 0 unspecified atom stereocenters. The molecule has 6 heteroatoms. The fourth-order valence-electron chi connectivity index (χ4n) is 1.97. The molecule has 3 N–H and O–H groups in total. The molecule has 0 amide bonds. The van der Waals surface area contributed by atoms with Crippen LogP contribution in [0.3, 0.4) is 0 Å². The predicted octanol–water partition coefficient (Wildman–Crippen LogP) is 2.16. The fourth-order valence-corrected chi connectivity index (χ4v) is 1.97.